The van der Waals surface area contributed by atoms with Gasteiger partial charge >= 0.3 is 6.09 Å². The zero-order chi connectivity index (χ0) is 11.2. The van der Waals surface area contributed by atoms with Crippen LogP contribution in [0.1, 0.15) is 27.7 Å². The molecule has 0 unspecified atom stereocenters. The molecule has 0 spiro atoms. The van der Waals surface area contributed by atoms with Crippen molar-refractivity contribution in [2.24, 2.45) is 5.11 Å². The van der Waals surface area contributed by atoms with Crippen molar-refractivity contribution in [1.29, 1.82) is 0 Å². The monoisotopic (exact) mass is 200 g/mol. The van der Waals surface area contributed by atoms with Crippen LogP contribution in [0.4, 0.5) is 4.79 Å². The third-order valence-corrected chi connectivity index (χ3v) is 1.18. The molecule has 0 radical (unpaired) electrons. The van der Waals surface area contributed by atoms with Gasteiger partial charge in [0.2, 0.25) is 0 Å². The van der Waals surface area contributed by atoms with E-state index in [2.05, 4.69) is 15.3 Å². The van der Waals surface area contributed by atoms with Gasteiger partial charge in [0.15, 0.2) is 0 Å². The SMILES string of the molecule is C[C@H](CN=[N+]=[N-])NC(=O)OC(C)(C)C. The summed E-state index contributed by atoms with van der Waals surface area (Å²) in [5.74, 6) is 0. The Morgan fingerprint density at radius 3 is 2.64 bits per heavy atom. The summed E-state index contributed by atoms with van der Waals surface area (Å²) >= 11 is 0. The highest BCUT2D eigenvalue weighted by Gasteiger charge is 2.17. The fourth-order valence-corrected chi connectivity index (χ4v) is 0.713. The predicted molar refractivity (Wildman–Crippen MR) is 52.8 cm³/mol. The van der Waals surface area contributed by atoms with E-state index in [4.69, 9.17) is 10.3 Å². The van der Waals surface area contributed by atoms with E-state index >= 15 is 0 Å². The number of rotatable bonds is 3. The minimum atomic E-state index is -0.512. The average molecular weight is 200 g/mol. The first-order chi connectivity index (χ1) is 6.35. The zero-order valence-electron chi connectivity index (χ0n) is 8.94. The molecule has 0 aliphatic rings. The Morgan fingerprint density at radius 2 is 2.21 bits per heavy atom. The number of nitrogens with zero attached hydrogens (tertiary/aromatic N) is 3. The molecule has 1 N–H and O–H groups in total. The lowest BCUT2D eigenvalue weighted by molar-refractivity contribution is 0.0510. The number of nitrogens with one attached hydrogen (secondary N) is 1. The maximum Gasteiger partial charge on any atom is 0.407 e. The van der Waals surface area contributed by atoms with Crippen molar-refractivity contribution < 1.29 is 9.53 Å². The van der Waals surface area contributed by atoms with E-state index in [1.54, 1.807) is 27.7 Å². The molecule has 0 aromatic heterocycles. The lowest BCUT2D eigenvalue weighted by Gasteiger charge is -2.21. The topological polar surface area (TPSA) is 87.1 Å². The lowest BCUT2D eigenvalue weighted by Crippen LogP contribution is -2.38. The van der Waals surface area contributed by atoms with Gasteiger partial charge in [0.25, 0.3) is 0 Å². The van der Waals surface area contributed by atoms with Gasteiger partial charge in [-0.25, -0.2) is 4.79 Å². The second kappa shape index (κ2) is 5.34. The number of amides is 1. The van der Waals surface area contributed by atoms with E-state index in [0.29, 0.717) is 0 Å². The number of hydrogen-bond donors (Lipinski definition) is 1. The van der Waals surface area contributed by atoms with Crippen LogP contribution < -0.4 is 5.32 Å². The summed E-state index contributed by atoms with van der Waals surface area (Å²) in [6.07, 6.45) is -0.502. The predicted octanol–water partition coefficient (Wildman–Crippen LogP) is 2.21. The summed E-state index contributed by atoms with van der Waals surface area (Å²) in [5.41, 5.74) is 7.54. The fourth-order valence-electron chi connectivity index (χ4n) is 0.713. The van der Waals surface area contributed by atoms with Crippen molar-refractivity contribution in [3.63, 3.8) is 0 Å². The molecule has 0 heterocycles. The van der Waals surface area contributed by atoms with E-state index in [1.807, 2.05) is 0 Å². The molecule has 0 saturated carbocycles. The second-order valence-electron chi connectivity index (χ2n) is 3.96. The van der Waals surface area contributed by atoms with Gasteiger partial charge in [0, 0.05) is 17.5 Å². The van der Waals surface area contributed by atoms with Crippen LogP contribution in [0.5, 0.6) is 0 Å². The van der Waals surface area contributed by atoms with Crippen molar-refractivity contribution in [2.75, 3.05) is 6.54 Å². The van der Waals surface area contributed by atoms with Crippen LogP contribution in [-0.2, 0) is 4.74 Å². The maximum absolute atomic E-state index is 11.2. The van der Waals surface area contributed by atoms with Crippen LogP contribution in [0.25, 0.3) is 10.4 Å². The Morgan fingerprint density at radius 1 is 1.64 bits per heavy atom. The molecule has 80 valence electrons. The van der Waals surface area contributed by atoms with Gasteiger partial charge in [-0.2, -0.15) is 0 Å². The van der Waals surface area contributed by atoms with Crippen molar-refractivity contribution in [3.05, 3.63) is 10.4 Å². The first-order valence-electron chi connectivity index (χ1n) is 4.35. The summed E-state index contributed by atoms with van der Waals surface area (Å²) in [7, 11) is 0. The molecule has 0 aromatic rings. The molecule has 1 atom stereocenters. The molecule has 0 aliphatic carbocycles. The number of alkyl carbamates (subject to hydrolysis) is 1. The lowest BCUT2D eigenvalue weighted by atomic mass is 10.2. The van der Waals surface area contributed by atoms with Gasteiger partial charge < -0.3 is 10.1 Å². The van der Waals surface area contributed by atoms with E-state index in [9.17, 15) is 4.79 Å². The summed E-state index contributed by atoms with van der Waals surface area (Å²) in [5, 5.41) is 5.88. The standard InChI is InChI=1S/C8H16N4O2/c1-6(5-10-12-9)11-7(13)14-8(2,3)4/h6H,5H2,1-4H3,(H,11,13)/t6-/m1/s1. The van der Waals surface area contributed by atoms with E-state index in [1.165, 1.54) is 0 Å². The van der Waals surface area contributed by atoms with E-state index in [-0.39, 0.29) is 12.6 Å². The zero-order valence-corrected chi connectivity index (χ0v) is 8.94. The van der Waals surface area contributed by atoms with Crippen LogP contribution in [0.3, 0.4) is 0 Å². The molecule has 0 bridgehead atoms. The van der Waals surface area contributed by atoms with Crippen molar-refractivity contribution in [2.45, 2.75) is 39.3 Å². The van der Waals surface area contributed by atoms with E-state index in [0.717, 1.165) is 0 Å². The van der Waals surface area contributed by atoms with Crippen molar-refractivity contribution >= 4 is 6.09 Å². The summed E-state index contributed by atoms with van der Waals surface area (Å²) in [6.45, 7) is 7.30. The van der Waals surface area contributed by atoms with Gasteiger partial charge in [-0.3, -0.25) is 0 Å². The molecule has 1 amide bonds. The van der Waals surface area contributed by atoms with Crippen LogP contribution in [-0.4, -0.2) is 24.3 Å². The molecule has 0 aliphatic heterocycles. The van der Waals surface area contributed by atoms with Crippen LogP contribution in [0.2, 0.25) is 0 Å². The molecule has 0 saturated heterocycles. The van der Waals surface area contributed by atoms with Crippen LogP contribution in [0, 0.1) is 0 Å². The summed E-state index contributed by atoms with van der Waals surface area (Å²) in [6, 6.07) is -0.222. The Balaban J connectivity index is 3.88. The molecular weight excluding hydrogens is 184 g/mol. The third kappa shape index (κ3) is 7.24. The minimum absolute atomic E-state index is 0.218. The fraction of sp³-hybridized carbons (Fsp3) is 0.875. The average Bonchev–Trinajstić information content (AvgIpc) is 1.96. The highest BCUT2D eigenvalue weighted by atomic mass is 16.6. The largest absolute Gasteiger partial charge is 0.444 e. The van der Waals surface area contributed by atoms with Gasteiger partial charge in [0.05, 0.1) is 0 Å². The number of azide groups is 1. The molecular formula is C8H16N4O2. The van der Waals surface area contributed by atoms with Gasteiger partial charge in [-0.1, -0.05) is 5.11 Å². The second-order valence-corrected chi connectivity index (χ2v) is 3.96. The van der Waals surface area contributed by atoms with Crippen LogP contribution >= 0.6 is 0 Å². The number of carbonyl (C=O) groups is 1. The molecule has 6 heteroatoms. The maximum atomic E-state index is 11.2. The van der Waals surface area contributed by atoms with Crippen molar-refractivity contribution in [3.8, 4) is 0 Å². The van der Waals surface area contributed by atoms with Gasteiger partial charge in [0.1, 0.15) is 5.60 Å². The Labute approximate surface area is 83.3 Å². The summed E-state index contributed by atoms with van der Waals surface area (Å²) in [4.78, 5) is 13.8. The van der Waals surface area contributed by atoms with Gasteiger partial charge in [-0.05, 0) is 33.2 Å². The minimum Gasteiger partial charge on any atom is -0.444 e. The normalized spacial score (nSPS) is 12.6. The van der Waals surface area contributed by atoms with Crippen molar-refractivity contribution in [1.82, 2.24) is 5.32 Å². The number of carbonyl (C=O) groups excluding carboxylic acids is 1. The Kier molecular flexibility index (Phi) is 4.80. The van der Waals surface area contributed by atoms with E-state index < -0.39 is 11.7 Å². The molecule has 14 heavy (non-hydrogen) atoms. The van der Waals surface area contributed by atoms with Crippen LogP contribution in [0.15, 0.2) is 5.11 Å². The summed E-state index contributed by atoms with van der Waals surface area (Å²) < 4.78 is 5.00. The number of hydrogen-bond acceptors (Lipinski definition) is 3. The molecule has 0 aromatic carbocycles. The first kappa shape index (κ1) is 12.6. The highest BCUT2D eigenvalue weighted by molar-refractivity contribution is 5.68. The highest BCUT2D eigenvalue weighted by Crippen LogP contribution is 2.06. The third-order valence-electron chi connectivity index (χ3n) is 1.18. The smallest absolute Gasteiger partial charge is 0.407 e. The Bertz CT molecular complexity index is 240. The number of ether oxygens (including phenoxy) is 1. The molecule has 0 fully saturated rings. The molecule has 0 rings (SSSR count). The Hall–Kier alpha value is -1.42. The van der Waals surface area contributed by atoms with Gasteiger partial charge in [-0.15, -0.1) is 0 Å². The molecule has 6 nitrogen and oxygen atoms in total. The quantitative estimate of drug-likeness (QED) is 0.430. The first-order valence-corrected chi connectivity index (χ1v) is 4.35.